The molecule has 2 atom stereocenters. The molecule has 21 heavy (non-hydrogen) atoms. The van der Waals surface area contributed by atoms with Crippen molar-refractivity contribution in [3.05, 3.63) is 29.8 Å². The molecule has 1 aromatic rings. The zero-order chi connectivity index (χ0) is 14.6. The van der Waals surface area contributed by atoms with Crippen molar-refractivity contribution in [3.63, 3.8) is 0 Å². The molecule has 0 spiro atoms. The maximum Gasteiger partial charge on any atom is 0.238 e. The molecule has 2 amide bonds. The molecule has 1 aromatic carbocycles. The summed E-state index contributed by atoms with van der Waals surface area (Å²) in [6.07, 6.45) is 3.40. The Morgan fingerprint density at radius 1 is 1.10 bits per heavy atom. The van der Waals surface area contributed by atoms with E-state index in [1.54, 1.807) is 18.2 Å². The Kier molecular flexibility index (Phi) is 2.58. The molecule has 5 nitrogen and oxygen atoms in total. The summed E-state index contributed by atoms with van der Waals surface area (Å²) in [6, 6.07) is 5.18. The van der Waals surface area contributed by atoms with Gasteiger partial charge in [0.25, 0.3) is 0 Å². The number of imide groups is 1. The quantitative estimate of drug-likeness (QED) is 0.586. The highest BCUT2D eigenvalue weighted by Gasteiger charge is 2.48. The highest BCUT2D eigenvalue weighted by molar-refractivity contribution is 6.22. The number of carbonyl (C=O) groups excluding carboxylic acids is 2. The van der Waals surface area contributed by atoms with Crippen LogP contribution in [0.2, 0.25) is 0 Å². The molecule has 0 radical (unpaired) electrons. The highest BCUT2D eigenvalue weighted by atomic mass is 16.7. The lowest BCUT2D eigenvalue weighted by atomic mass is 9.82. The van der Waals surface area contributed by atoms with Gasteiger partial charge in [-0.25, -0.2) is 4.90 Å². The average Bonchev–Trinajstić information content (AvgIpc) is 3.02. The van der Waals surface area contributed by atoms with Gasteiger partial charge in [0.2, 0.25) is 18.6 Å². The van der Waals surface area contributed by atoms with E-state index >= 15 is 0 Å². The Bertz CT molecular complexity index is 679. The molecule has 1 fully saturated rings. The zero-order valence-corrected chi connectivity index (χ0v) is 11.7. The van der Waals surface area contributed by atoms with Gasteiger partial charge in [0.15, 0.2) is 11.5 Å². The molecule has 0 unspecified atom stereocenters. The van der Waals surface area contributed by atoms with Gasteiger partial charge in [-0.1, -0.05) is 11.6 Å². The van der Waals surface area contributed by atoms with Crippen molar-refractivity contribution in [3.8, 4) is 11.5 Å². The third-order valence-electron chi connectivity index (χ3n) is 4.44. The number of benzene rings is 1. The van der Waals surface area contributed by atoms with E-state index in [2.05, 4.69) is 6.08 Å². The summed E-state index contributed by atoms with van der Waals surface area (Å²) in [4.78, 5) is 26.5. The number of nitrogens with zero attached hydrogens (tertiary/aromatic N) is 1. The summed E-state index contributed by atoms with van der Waals surface area (Å²) < 4.78 is 10.6. The van der Waals surface area contributed by atoms with Crippen molar-refractivity contribution in [2.45, 2.75) is 19.8 Å². The third kappa shape index (κ3) is 1.77. The van der Waals surface area contributed by atoms with Crippen LogP contribution in [-0.2, 0) is 9.59 Å². The van der Waals surface area contributed by atoms with Crippen LogP contribution in [0, 0.1) is 11.8 Å². The number of amides is 2. The van der Waals surface area contributed by atoms with Crippen molar-refractivity contribution in [2.24, 2.45) is 11.8 Å². The molecule has 108 valence electrons. The lowest BCUT2D eigenvalue weighted by molar-refractivity contribution is -0.122. The van der Waals surface area contributed by atoms with Gasteiger partial charge in [-0.2, -0.15) is 0 Å². The molecule has 3 aliphatic rings. The molecular weight excluding hydrogens is 270 g/mol. The molecule has 2 aliphatic heterocycles. The van der Waals surface area contributed by atoms with E-state index in [0.717, 1.165) is 0 Å². The number of carbonyl (C=O) groups is 2. The van der Waals surface area contributed by atoms with Gasteiger partial charge >= 0.3 is 0 Å². The SMILES string of the molecule is CC1=CC[C@H]2C(=O)N(c3ccc4c(c3)OCO4)C(=O)[C@@H]2C1. The van der Waals surface area contributed by atoms with Crippen LogP contribution < -0.4 is 14.4 Å². The van der Waals surface area contributed by atoms with Crippen LogP contribution >= 0.6 is 0 Å². The first-order valence-corrected chi connectivity index (χ1v) is 7.08. The Morgan fingerprint density at radius 3 is 2.71 bits per heavy atom. The molecule has 0 aromatic heterocycles. The number of rotatable bonds is 1. The van der Waals surface area contributed by atoms with Crippen LogP contribution in [0.1, 0.15) is 19.8 Å². The maximum absolute atomic E-state index is 12.6. The third-order valence-corrected chi connectivity index (χ3v) is 4.44. The Balaban J connectivity index is 1.70. The standard InChI is InChI=1S/C16H15NO4/c1-9-2-4-11-12(6-9)16(19)17(15(11)18)10-3-5-13-14(7-10)21-8-20-13/h2-3,5,7,11-12H,4,6,8H2,1H3/t11-,12-/m1/s1. The summed E-state index contributed by atoms with van der Waals surface area (Å²) in [6.45, 7) is 2.19. The number of ether oxygens (including phenoxy) is 2. The minimum Gasteiger partial charge on any atom is -0.454 e. The number of anilines is 1. The average molecular weight is 285 g/mol. The molecule has 2 heterocycles. The van der Waals surface area contributed by atoms with E-state index in [4.69, 9.17) is 9.47 Å². The van der Waals surface area contributed by atoms with Gasteiger partial charge in [-0.3, -0.25) is 9.59 Å². The van der Waals surface area contributed by atoms with Crippen LogP contribution in [0.4, 0.5) is 5.69 Å². The van der Waals surface area contributed by atoms with Crippen LogP contribution in [0.15, 0.2) is 29.8 Å². The normalized spacial score (nSPS) is 26.9. The summed E-state index contributed by atoms with van der Waals surface area (Å²) >= 11 is 0. The fraction of sp³-hybridized carbons (Fsp3) is 0.375. The highest BCUT2D eigenvalue weighted by Crippen LogP contribution is 2.42. The van der Waals surface area contributed by atoms with Gasteiger partial charge in [-0.05, 0) is 31.9 Å². The van der Waals surface area contributed by atoms with E-state index in [9.17, 15) is 9.59 Å². The van der Waals surface area contributed by atoms with Gasteiger partial charge in [0.05, 0.1) is 17.5 Å². The fourth-order valence-electron chi connectivity index (χ4n) is 3.32. The lowest BCUT2D eigenvalue weighted by Crippen LogP contribution is -2.30. The summed E-state index contributed by atoms with van der Waals surface area (Å²) in [5.74, 6) is 0.591. The molecular formula is C16H15NO4. The largest absolute Gasteiger partial charge is 0.454 e. The number of fused-ring (bicyclic) bond motifs is 2. The van der Waals surface area contributed by atoms with Crippen LogP contribution in [-0.4, -0.2) is 18.6 Å². The minimum absolute atomic E-state index is 0.101. The van der Waals surface area contributed by atoms with E-state index in [0.29, 0.717) is 30.0 Å². The second-order valence-corrected chi connectivity index (χ2v) is 5.75. The molecule has 5 heteroatoms. The smallest absolute Gasteiger partial charge is 0.238 e. The monoisotopic (exact) mass is 285 g/mol. The first-order chi connectivity index (χ1) is 10.1. The van der Waals surface area contributed by atoms with Crippen molar-refractivity contribution in [1.29, 1.82) is 0 Å². The summed E-state index contributed by atoms with van der Waals surface area (Å²) in [5, 5.41) is 0. The van der Waals surface area contributed by atoms with Gasteiger partial charge in [0, 0.05) is 6.07 Å². The van der Waals surface area contributed by atoms with Crippen LogP contribution in [0.5, 0.6) is 11.5 Å². The zero-order valence-electron chi connectivity index (χ0n) is 11.7. The van der Waals surface area contributed by atoms with E-state index in [1.807, 2.05) is 6.92 Å². The molecule has 0 bridgehead atoms. The van der Waals surface area contributed by atoms with Crippen molar-refractivity contribution >= 4 is 17.5 Å². The van der Waals surface area contributed by atoms with Crippen molar-refractivity contribution in [2.75, 3.05) is 11.7 Å². The van der Waals surface area contributed by atoms with Crippen molar-refractivity contribution in [1.82, 2.24) is 0 Å². The molecule has 1 aliphatic carbocycles. The minimum atomic E-state index is -0.216. The second-order valence-electron chi connectivity index (χ2n) is 5.75. The fourth-order valence-corrected chi connectivity index (χ4v) is 3.32. The number of allylic oxidation sites excluding steroid dienone is 2. The topological polar surface area (TPSA) is 55.8 Å². The van der Waals surface area contributed by atoms with Crippen LogP contribution in [0.3, 0.4) is 0 Å². The predicted molar refractivity (Wildman–Crippen MR) is 75.0 cm³/mol. The van der Waals surface area contributed by atoms with Gasteiger partial charge in [-0.15, -0.1) is 0 Å². The van der Waals surface area contributed by atoms with E-state index in [1.165, 1.54) is 10.5 Å². The molecule has 0 saturated carbocycles. The number of hydrogen-bond donors (Lipinski definition) is 0. The van der Waals surface area contributed by atoms with Gasteiger partial charge < -0.3 is 9.47 Å². The molecule has 0 N–H and O–H groups in total. The first kappa shape index (κ1) is 12.4. The van der Waals surface area contributed by atoms with Crippen molar-refractivity contribution < 1.29 is 19.1 Å². The second kappa shape index (κ2) is 4.35. The van der Waals surface area contributed by atoms with E-state index in [-0.39, 0.29) is 30.4 Å². The van der Waals surface area contributed by atoms with E-state index < -0.39 is 0 Å². The summed E-state index contributed by atoms with van der Waals surface area (Å²) in [7, 11) is 0. The first-order valence-electron chi connectivity index (χ1n) is 7.08. The Labute approximate surface area is 122 Å². The van der Waals surface area contributed by atoms with Gasteiger partial charge in [0.1, 0.15) is 0 Å². The predicted octanol–water partition coefficient (Wildman–Crippen LogP) is 2.26. The summed E-state index contributed by atoms with van der Waals surface area (Å²) in [5.41, 5.74) is 1.76. The van der Waals surface area contributed by atoms with Crippen LogP contribution in [0.25, 0.3) is 0 Å². The molecule has 1 saturated heterocycles. The number of hydrogen-bond acceptors (Lipinski definition) is 4. The Morgan fingerprint density at radius 2 is 1.86 bits per heavy atom. The maximum atomic E-state index is 12.6. The lowest BCUT2D eigenvalue weighted by Gasteiger charge is -2.18. The molecule has 4 rings (SSSR count). The Hall–Kier alpha value is -2.30.